The van der Waals surface area contributed by atoms with Crippen LogP contribution in [-0.2, 0) is 22.9 Å². The largest absolute Gasteiger partial charge is 0.468 e. The molecule has 7 heteroatoms. The molecule has 0 aromatic carbocycles. The van der Waals surface area contributed by atoms with Gasteiger partial charge in [-0.3, -0.25) is 4.90 Å². The predicted molar refractivity (Wildman–Crippen MR) is 82.5 cm³/mol. The van der Waals surface area contributed by atoms with E-state index in [0.29, 0.717) is 18.8 Å². The van der Waals surface area contributed by atoms with Crippen molar-refractivity contribution in [3.63, 3.8) is 0 Å². The molecule has 1 N–H and O–H groups in total. The van der Waals surface area contributed by atoms with Gasteiger partial charge in [0.1, 0.15) is 11.1 Å². The molecule has 1 atom stereocenters. The monoisotopic (exact) mass is 318 g/mol. The molecule has 0 amide bonds. The third-order valence-corrected chi connectivity index (χ3v) is 6.89. The van der Waals surface area contributed by atoms with E-state index < -0.39 is 9.84 Å². The standard InChI is InChI=1S/C13H22N2O3S2/c1-3-20(16,17)13-10-19-7-5-15(13)9-11-4-6-18-12(11)8-14-2/h4,6,13-14H,3,5,7-10H2,1-2H3. The van der Waals surface area contributed by atoms with Crippen LogP contribution in [0.15, 0.2) is 16.7 Å². The summed E-state index contributed by atoms with van der Waals surface area (Å²) in [6.07, 6.45) is 1.67. The van der Waals surface area contributed by atoms with Crippen LogP contribution in [0.25, 0.3) is 0 Å². The number of sulfone groups is 1. The Morgan fingerprint density at radius 2 is 2.35 bits per heavy atom. The molecular formula is C13H22N2O3S2. The van der Waals surface area contributed by atoms with Crippen molar-refractivity contribution in [1.82, 2.24) is 10.2 Å². The first-order valence-corrected chi connectivity index (χ1v) is 9.68. The van der Waals surface area contributed by atoms with Gasteiger partial charge in [-0.1, -0.05) is 6.92 Å². The second kappa shape index (κ2) is 6.98. The fraction of sp³-hybridized carbons (Fsp3) is 0.692. The van der Waals surface area contributed by atoms with Crippen molar-refractivity contribution in [3.8, 4) is 0 Å². The number of hydrogen-bond acceptors (Lipinski definition) is 6. The molecule has 0 spiro atoms. The molecule has 0 radical (unpaired) electrons. The maximum absolute atomic E-state index is 12.2. The van der Waals surface area contributed by atoms with Crippen LogP contribution in [0.1, 0.15) is 18.2 Å². The van der Waals surface area contributed by atoms with Crippen LogP contribution in [0, 0.1) is 0 Å². The number of nitrogens with zero attached hydrogens (tertiary/aromatic N) is 1. The van der Waals surface area contributed by atoms with Crippen molar-refractivity contribution in [2.75, 3.05) is 30.9 Å². The molecule has 1 saturated heterocycles. The average molecular weight is 318 g/mol. The second-order valence-corrected chi connectivity index (χ2v) is 8.45. The third-order valence-electron chi connectivity index (χ3n) is 3.56. The van der Waals surface area contributed by atoms with Crippen molar-refractivity contribution >= 4 is 21.6 Å². The topological polar surface area (TPSA) is 62.6 Å². The van der Waals surface area contributed by atoms with Crippen molar-refractivity contribution in [2.45, 2.75) is 25.4 Å². The van der Waals surface area contributed by atoms with E-state index in [1.165, 1.54) is 0 Å². The summed E-state index contributed by atoms with van der Waals surface area (Å²) in [6, 6.07) is 1.93. The van der Waals surface area contributed by atoms with Gasteiger partial charge in [0.25, 0.3) is 0 Å². The highest BCUT2D eigenvalue weighted by Gasteiger charge is 2.33. The molecule has 1 aliphatic heterocycles. The summed E-state index contributed by atoms with van der Waals surface area (Å²) in [4.78, 5) is 2.07. The molecule has 114 valence electrons. The number of thioether (sulfide) groups is 1. The highest BCUT2D eigenvalue weighted by Crippen LogP contribution is 2.24. The summed E-state index contributed by atoms with van der Waals surface area (Å²) in [6.45, 7) is 3.82. The van der Waals surface area contributed by atoms with Crippen molar-refractivity contribution in [1.29, 1.82) is 0 Å². The molecule has 0 saturated carbocycles. The summed E-state index contributed by atoms with van der Waals surface area (Å²) < 4.78 is 29.9. The highest BCUT2D eigenvalue weighted by atomic mass is 32.2. The molecule has 1 unspecified atom stereocenters. The Balaban J connectivity index is 2.15. The molecule has 1 aromatic rings. The van der Waals surface area contributed by atoms with Crippen LogP contribution < -0.4 is 5.32 Å². The lowest BCUT2D eigenvalue weighted by Crippen LogP contribution is -2.47. The van der Waals surface area contributed by atoms with Gasteiger partial charge >= 0.3 is 0 Å². The van der Waals surface area contributed by atoms with Gasteiger partial charge in [-0.15, -0.1) is 0 Å². The normalized spacial score (nSPS) is 21.2. The van der Waals surface area contributed by atoms with Gasteiger partial charge in [0.15, 0.2) is 9.84 Å². The quantitative estimate of drug-likeness (QED) is 0.853. The zero-order valence-corrected chi connectivity index (χ0v) is 13.6. The summed E-state index contributed by atoms with van der Waals surface area (Å²) >= 11 is 1.72. The molecule has 1 aliphatic rings. The smallest absolute Gasteiger partial charge is 0.166 e. The molecule has 2 heterocycles. The predicted octanol–water partition coefficient (Wildman–Crippen LogP) is 1.31. The lowest BCUT2D eigenvalue weighted by atomic mass is 10.2. The Bertz CT molecular complexity index is 527. The third kappa shape index (κ3) is 3.58. The minimum absolute atomic E-state index is 0.198. The molecule has 0 aliphatic carbocycles. The molecule has 2 rings (SSSR count). The van der Waals surface area contributed by atoms with E-state index in [9.17, 15) is 8.42 Å². The molecule has 1 fully saturated rings. The minimum Gasteiger partial charge on any atom is -0.468 e. The Morgan fingerprint density at radius 3 is 3.05 bits per heavy atom. The number of nitrogens with one attached hydrogen (secondary N) is 1. The summed E-state index contributed by atoms with van der Waals surface area (Å²) in [5.41, 5.74) is 1.07. The van der Waals surface area contributed by atoms with Gasteiger partial charge in [-0.2, -0.15) is 11.8 Å². The van der Waals surface area contributed by atoms with E-state index in [4.69, 9.17) is 4.42 Å². The fourth-order valence-corrected chi connectivity index (χ4v) is 5.44. The Hall–Kier alpha value is -0.500. The molecule has 5 nitrogen and oxygen atoms in total. The van der Waals surface area contributed by atoms with Gasteiger partial charge in [0.05, 0.1) is 12.8 Å². The van der Waals surface area contributed by atoms with Crippen molar-refractivity contribution in [3.05, 3.63) is 23.7 Å². The van der Waals surface area contributed by atoms with E-state index >= 15 is 0 Å². The fourth-order valence-electron chi connectivity index (χ4n) is 2.36. The zero-order chi connectivity index (χ0) is 14.6. The highest BCUT2D eigenvalue weighted by molar-refractivity contribution is 8.01. The van der Waals surface area contributed by atoms with Crippen LogP contribution in [0.5, 0.6) is 0 Å². The lowest BCUT2D eigenvalue weighted by Gasteiger charge is -2.34. The van der Waals surface area contributed by atoms with E-state index in [1.807, 2.05) is 13.1 Å². The Morgan fingerprint density at radius 1 is 1.55 bits per heavy atom. The lowest BCUT2D eigenvalue weighted by molar-refractivity contribution is 0.259. The van der Waals surface area contributed by atoms with E-state index in [-0.39, 0.29) is 11.1 Å². The number of furan rings is 1. The first-order chi connectivity index (χ1) is 9.58. The Kier molecular flexibility index (Phi) is 5.54. The first kappa shape index (κ1) is 15.9. The number of rotatable bonds is 6. The SMILES string of the molecule is CCS(=O)(=O)C1CSCCN1Cc1ccoc1CNC. The van der Waals surface area contributed by atoms with Gasteiger partial charge in [0, 0.05) is 35.9 Å². The van der Waals surface area contributed by atoms with Crippen LogP contribution >= 0.6 is 11.8 Å². The van der Waals surface area contributed by atoms with Crippen molar-refractivity contribution < 1.29 is 12.8 Å². The van der Waals surface area contributed by atoms with Gasteiger partial charge in [-0.25, -0.2) is 8.42 Å². The van der Waals surface area contributed by atoms with Gasteiger partial charge in [-0.05, 0) is 13.1 Å². The molecule has 20 heavy (non-hydrogen) atoms. The van der Waals surface area contributed by atoms with Gasteiger partial charge in [0.2, 0.25) is 0 Å². The van der Waals surface area contributed by atoms with Crippen molar-refractivity contribution in [2.24, 2.45) is 0 Å². The second-order valence-electron chi connectivity index (χ2n) is 4.85. The Labute approximate surface area is 125 Å². The molecular weight excluding hydrogens is 296 g/mol. The van der Waals surface area contributed by atoms with Crippen LogP contribution in [0.4, 0.5) is 0 Å². The molecule has 1 aromatic heterocycles. The summed E-state index contributed by atoms with van der Waals surface area (Å²) in [5, 5.41) is 2.69. The van der Waals surface area contributed by atoms with E-state index in [0.717, 1.165) is 23.6 Å². The average Bonchev–Trinajstić information content (AvgIpc) is 2.87. The summed E-state index contributed by atoms with van der Waals surface area (Å²) in [7, 11) is -1.17. The van der Waals surface area contributed by atoms with Gasteiger partial charge < -0.3 is 9.73 Å². The van der Waals surface area contributed by atoms with Crippen LogP contribution in [-0.4, -0.2) is 49.5 Å². The van der Waals surface area contributed by atoms with Crippen LogP contribution in [0.2, 0.25) is 0 Å². The zero-order valence-electron chi connectivity index (χ0n) is 12.0. The van der Waals surface area contributed by atoms with E-state index in [1.54, 1.807) is 24.9 Å². The number of hydrogen-bond donors (Lipinski definition) is 1. The maximum Gasteiger partial charge on any atom is 0.166 e. The minimum atomic E-state index is -3.04. The summed E-state index contributed by atoms with van der Waals surface area (Å²) in [5.74, 6) is 2.73. The van der Waals surface area contributed by atoms with Crippen LogP contribution in [0.3, 0.4) is 0 Å². The van der Waals surface area contributed by atoms with E-state index in [2.05, 4.69) is 10.2 Å². The first-order valence-electron chi connectivity index (χ1n) is 6.81. The molecule has 0 bridgehead atoms. The maximum atomic E-state index is 12.2.